The minimum atomic E-state index is -0.466. The molecular formula is C19H24BrN3O4. The first-order valence-electron chi connectivity index (χ1n) is 8.82. The highest BCUT2D eigenvalue weighted by molar-refractivity contribution is 9.10. The monoisotopic (exact) mass is 437 g/mol. The smallest absolute Gasteiger partial charge is 0.261 e. The maximum absolute atomic E-state index is 12.3. The van der Waals surface area contributed by atoms with Crippen molar-refractivity contribution in [3.05, 3.63) is 33.8 Å². The molecule has 1 aromatic carbocycles. The van der Waals surface area contributed by atoms with Gasteiger partial charge in [0.1, 0.15) is 0 Å². The molecule has 0 spiro atoms. The first-order chi connectivity index (χ1) is 12.6. The van der Waals surface area contributed by atoms with Gasteiger partial charge >= 0.3 is 0 Å². The van der Waals surface area contributed by atoms with Crippen molar-refractivity contribution >= 4 is 39.6 Å². The fourth-order valence-corrected chi connectivity index (χ4v) is 2.96. The number of carbonyl (C=O) groups excluding carboxylic acids is 4. The molecule has 27 heavy (non-hydrogen) atoms. The van der Waals surface area contributed by atoms with Crippen molar-refractivity contribution in [1.82, 2.24) is 15.5 Å². The lowest BCUT2D eigenvalue weighted by Crippen LogP contribution is -2.40. The van der Waals surface area contributed by atoms with Crippen molar-refractivity contribution in [2.75, 3.05) is 19.6 Å². The third-order valence-electron chi connectivity index (χ3n) is 4.13. The van der Waals surface area contributed by atoms with E-state index in [4.69, 9.17) is 0 Å². The number of rotatable bonds is 7. The molecule has 1 heterocycles. The van der Waals surface area contributed by atoms with Crippen molar-refractivity contribution in [2.45, 2.75) is 33.6 Å². The van der Waals surface area contributed by atoms with Crippen LogP contribution in [0.25, 0.3) is 0 Å². The van der Waals surface area contributed by atoms with Gasteiger partial charge in [-0.1, -0.05) is 36.7 Å². The summed E-state index contributed by atoms with van der Waals surface area (Å²) in [7, 11) is 0. The largest absolute Gasteiger partial charge is 0.354 e. The molecule has 1 aliphatic rings. The Hall–Kier alpha value is -2.22. The summed E-state index contributed by atoms with van der Waals surface area (Å²) in [5, 5.41) is 5.46. The lowest BCUT2D eigenvalue weighted by Gasteiger charge is -2.17. The Morgan fingerprint density at radius 2 is 1.67 bits per heavy atom. The molecule has 0 bridgehead atoms. The van der Waals surface area contributed by atoms with Gasteiger partial charge in [-0.15, -0.1) is 0 Å². The van der Waals surface area contributed by atoms with E-state index >= 15 is 0 Å². The molecule has 2 rings (SSSR count). The quantitative estimate of drug-likeness (QED) is 0.504. The van der Waals surface area contributed by atoms with Gasteiger partial charge in [-0.05, 0) is 24.6 Å². The number of amides is 4. The van der Waals surface area contributed by atoms with Crippen LogP contribution >= 0.6 is 15.9 Å². The number of hydrogen-bond donors (Lipinski definition) is 2. The zero-order valence-corrected chi connectivity index (χ0v) is 17.3. The van der Waals surface area contributed by atoms with Crippen LogP contribution in [0.15, 0.2) is 22.7 Å². The van der Waals surface area contributed by atoms with Crippen molar-refractivity contribution in [1.29, 1.82) is 0 Å². The van der Waals surface area contributed by atoms with E-state index in [1.807, 2.05) is 20.8 Å². The molecule has 0 aliphatic carbocycles. The van der Waals surface area contributed by atoms with Crippen LogP contribution in [0.5, 0.6) is 0 Å². The highest BCUT2D eigenvalue weighted by Crippen LogP contribution is 2.26. The minimum absolute atomic E-state index is 0.0750. The van der Waals surface area contributed by atoms with Crippen LogP contribution in [0.2, 0.25) is 0 Å². The van der Waals surface area contributed by atoms with E-state index in [-0.39, 0.29) is 36.6 Å². The summed E-state index contributed by atoms with van der Waals surface area (Å²) in [6.07, 6.45) is 0.580. The van der Waals surface area contributed by atoms with Crippen LogP contribution in [-0.4, -0.2) is 48.2 Å². The number of nitrogens with zero attached hydrogens (tertiary/aromatic N) is 1. The van der Waals surface area contributed by atoms with E-state index < -0.39 is 5.41 Å². The standard InChI is InChI=1S/C19H24BrN3O4/c1-19(2,3)18(27)22-9-8-21-15(24)5-4-10-23-16(25)13-7-6-12(20)11-14(13)17(23)26/h6-7,11H,4-5,8-10H2,1-3H3,(H,21,24)(H,22,27). The van der Waals surface area contributed by atoms with Gasteiger partial charge in [0.25, 0.3) is 11.8 Å². The second-order valence-corrected chi connectivity index (χ2v) is 8.33. The van der Waals surface area contributed by atoms with Crippen molar-refractivity contribution < 1.29 is 19.2 Å². The molecule has 2 N–H and O–H groups in total. The average Bonchev–Trinajstić information content (AvgIpc) is 2.82. The topological polar surface area (TPSA) is 95.6 Å². The van der Waals surface area contributed by atoms with E-state index in [1.54, 1.807) is 18.2 Å². The number of imide groups is 1. The number of fused-ring (bicyclic) bond motifs is 1. The first-order valence-corrected chi connectivity index (χ1v) is 9.61. The third kappa shape index (κ3) is 5.38. The Morgan fingerprint density at radius 3 is 2.33 bits per heavy atom. The zero-order chi connectivity index (χ0) is 20.2. The number of carbonyl (C=O) groups is 4. The van der Waals surface area contributed by atoms with E-state index in [9.17, 15) is 19.2 Å². The van der Waals surface area contributed by atoms with Crippen molar-refractivity contribution in [3.8, 4) is 0 Å². The summed E-state index contributed by atoms with van der Waals surface area (Å²) in [6, 6.07) is 4.98. The van der Waals surface area contributed by atoms with Crippen LogP contribution < -0.4 is 10.6 Å². The Labute approximate surface area is 167 Å². The Morgan fingerprint density at radius 1 is 1.04 bits per heavy atom. The van der Waals surface area contributed by atoms with E-state index in [2.05, 4.69) is 26.6 Å². The summed E-state index contributed by atoms with van der Waals surface area (Å²) in [6.45, 7) is 6.34. The van der Waals surface area contributed by atoms with Gasteiger partial charge in [-0.25, -0.2) is 0 Å². The third-order valence-corrected chi connectivity index (χ3v) is 4.63. The van der Waals surface area contributed by atoms with Gasteiger partial charge in [0, 0.05) is 35.9 Å². The molecule has 0 radical (unpaired) electrons. The van der Waals surface area contributed by atoms with Gasteiger partial charge in [-0.3, -0.25) is 24.1 Å². The molecular weight excluding hydrogens is 414 g/mol. The molecule has 0 saturated heterocycles. The van der Waals surface area contributed by atoms with Gasteiger partial charge in [0.05, 0.1) is 11.1 Å². The van der Waals surface area contributed by atoms with Crippen LogP contribution in [0.3, 0.4) is 0 Å². The molecule has 4 amide bonds. The Balaban J connectivity index is 1.71. The molecule has 7 nitrogen and oxygen atoms in total. The summed E-state index contributed by atoms with van der Waals surface area (Å²) < 4.78 is 0.738. The van der Waals surface area contributed by atoms with Gasteiger partial charge < -0.3 is 10.6 Å². The Bertz CT molecular complexity index is 771. The summed E-state index contributed by atoms with van der Waals surface area (Å²) in [4.78, 5) is 49.4. The Kier molecular flexibility index (Phi) is 6.75. The predicted octanol–water partition coefficient (Wildman–Crippen LogP) is 2.10. The fourth-order valence-electron chi connectivity index (χ4n) is 2.60. The number of hydrogen-bond acceptors (Lipinski definition) is 4. The lowest BCUT2D eigenvalue weighted by atomic mass is 9.96. The molecule has 0 fully saturated rings. The normalized spacial score (nSPS) is 13.6. The van der Waals surface area contributed by atoms with E-state index in [0.717, 1.165) is 4.47 Å². The maximum Gasteiger partial charge on any atom is 0.261 e. The minimum Gasteiger partial charge on any atom is -0.354 e. The molecule has 0 aromatic heterocycles. The van der Waals surface area contributed by atoms with Crippen molar-refractivity contribution in [3.63, 3.8) is 0 Å². The van der Waals surface area contributed by atoms with Gasteiger partial charge in [-0.2, -0.15) is 0 Å². The number of nitrogens with one attached hydrogen (secondary N) is 2. The van der Waals surface area contributed by atoms with Crippen LogP contribution in [0.1, 0.15) is 54.3 Å². The summed E-state index contributed by atoms with van der Waals surface area (Å²) in [5.74, 6) is -0.914. The number of benzene rings is 1. The predicted molar refractivity (Wildman–Crippen MR) is 104 cm³/mol. The molecule has 1 aliphatic heterocycles. The van der Waals surface area contributed by atoms with Crippen LogP contribution in [-0.2, 0) is 9.59 Å². The van der Waals surface area contributed by atoms with E-state index in [1.165, 1.54) is 4.90 Å². The lowest BCUT2D eigenvalue weighted by molar-refractivity contribution is -0.128. The average molecular weight is 438 g/mol. The molecule has 146 valence electrons. The molecule has 0 saturated carbocycles. The second kappa shape index (κ2) is 8.65. The zero-order valence-electron chi connectivity index (χ0n) is 15.7. The summed E-state index contributed by atoms with van der Waals surface area (Å²) in [5.41, 5.74) is 0.307. The van der Waals surface area contributed by atoms with E-state index in [0.29, 0.717) is 30.6 Å². The maximum atomic E-state index is 12.3. The van der Waals surface area contributed by atoms with Gasteiger partial charge in [0.2, 0.25) is 11.8 Å². The highest BCUT2D eigenvalue weighted by Gasteiger charge is 2.35. The molecule has 1 aromatic rings. The molecule has 0 unspecified atom stereocenters. The second-order valence-electron chi connectivity index (χ2n) is 7.41. The van der Waals surface area contributed by atoms with Crippen LogP contribution in [0.4, 0.5) is 0 Å². The fraction of sp³-hybridized carbons (Fsp3) is 0.474. The molecule has 0 atom stereocenters. The summed E-state index contributed by atoms with van der Waals surface area (Å²) >= 11 is 3.29. The van der Waals surface area contributed by atoms with Crippen LogP contribution in [0, 0.1) is 5.41 Å². The van der Waals surface area contributed by atoms with Gasteiger partial charge in [0.15, 0.2) is 0 Å². The molecule has 8 heteroatoms. The number of halogens is 1. The first kappa shape index (κ1) is 21.1. The SMILES string of the molecule is CC(C)(C)C(=O)NCCNC(=O)CCCN1C(=O)c2ccc(Br)cc2C1=O. The van der Waals surface area contributed by atoms with Crippen molar-refractivity contribution in [2.24, 2.45) is 5.41 Å². The highest BCUT2D eigenvalue weighted by atomic mass is 79.9.